The molecule has 0 spiro atoms. The highest BCUT2D eigenvalue weighted by Gasteiger charge is 2.26. The van der Waals surface area contributed by atoms with E-state index in [1.165, 1.54) is 6.42 Å². The number of nitrogens with zero attached hydrogens (tertiary/aromatic N) is 3. The molecule has 28 heavy (non-hydrogen) atoms. The maximum absolute atomic E-state index is 13.8. The molecule has 1 aromatic rings. The molecule has 1 unspecified atom stereocenters. The number of methoxy groups -OCH3 is 1. The van der Waals surface area contributed by atoms with Gasteiger partial charge < -0.3 is 15.0 Å². The minimum Gasteiger partial charge on any atom is -0.384 e. The molecule has 5 nitrogen and oxygen atoms in total. The fraction of sp³-hybridized carbons (Fsp3) is 0.667. The van der Waals surface area contributed by atoms with Crippen LogP contribution in [0.5, 0.6) is 0 Å². The smallest absolute Gasteiger partial charge is 0.193 e. The molecule has 7 heteroatoms. The Kier molecular flexibility index (Phi) is 9.94. The molecule has 0 bridgehead atoms. The zero-order valence-electron chi connectivity index (χ0n) is 17.1. The number of aliphatic imine (C=N–C) groups is 1. The Morgan fingerprint density at radius 3 is 2.57 bits per heavy atom. The number of likely N-dealkylation sites (tertiary alicyclic amines) is 2. The van der Waals surface area contributed by atoms with Gasteiger partial charge in [0.1, 0.15) is 5.82 Å². The van der Waals surface area contributed by atoms with Crippen LogP contribution in [0.15, 0.2) is 29.3 Å². The molecule has 0 radical (unpaired) electrons. The molecule has 2 aliphatic rings. The van der Waals surface area contributed by atoms with Gasteiger partial charge in [-0.2, -0.15) is 0 Å². The Morgan fingerprint density at radius 2 is 1.89 bits per heavy atom. The second-order valence-electron chi connectivity index (χ2n) is 7.80. The van der Waals surface area contributed by atoms with E-state index >= 15 is 0 Å². The Labute approximate surface area is 185 Å². The van der Waals surface area contributed by atoms with Crippen molar-refractivity contribution >= 4 is 29.9 Å². The summed E-state index contributed by atoms with van der Waals surface area (Å²) in [6.45, 7) is 6.63. The number of ether oxygens (including phenoxy) is 1. The summed E-state index contributed by atoms with van der Waals surface area (Å²) >= 11 is 0. The summed E-state index contributed by atoms with van der Waals surface area (Å²) < 4.78 is 19.1. The lowest BCUT2D eigenvalue weighted by molar-refractivity contribution is 0.157. The van der Waals surface area contributed by atoms with Crippen LogP contribution in [0.4, 0.5) is 4.39 Å². The Bertz CT molecular complexity index is 622. The minimum absolute atomic E-state index is 0. The molecule has 0 aliphatic carbocycles. The quantitative estimate of drug-likeness (QED) is 0.367. The van der Waals surface area contributed by atoms with Crippen LogP contribution in [-0.2, 0) is 11.3 Å². The van der Waals surface area contributed by atoms with Gasteiger partial charge in [-0.25, -0.2) is 4.39 Å². The first-order chi connectivity index (χ1) is 13.2. The van der Waals surface area contributed by atoms with Crippen molar-refractivity contribution in [1.82, 2.24) is 15.1 Å². The second kappa shape index (κ2) is 11.9. The van der Waals surface area contributed by atoms with Crippen molar-refractivity contribution in [1.29, 1.82) is 0 Å². The summed E-state index contributed by atoms with van der Waals surface area (Å²) in [6, 6.07) is 7.10. The maximum Gasteiger partial charge on any atom is 0.193 e. The van der Waals surface area contributed by atoms with Gasteiger partial charge in [0.2, 0.25) is 0 Å². The van der Waals surface area contributed by atoms with Gasteiger partial charge in [0.15, 0.2) is 5.96 Å². The highest BCUT2D eigenvalue weighted by atomic mass is 127. The van der Waals surface area contributed by atoms with Gasteiger partial charge in [-0.15, -0.1) is 24.0 Å². The largest absolute Gasteiger partial charge is 0.384 e. The van der Waals surface area contributed by atoms with Gasteiger partial charge in [0, 0.05) is 51.8 Å². The van der Waals surface area contributed by atoms with Crippen molar-refractivity contribution in [2.24, 2.45) is 16.8 Å². The van der Waals surface area contributed by atoms with Crippen molar-refractivity contribution in [3.8, 4) is 0 Å². The molecule has 0 amide bonds. The number of halogens is 2. The first kappa shape index (κ1) is 23.3. The van der Waals surface area contributed by atoms with Gasteiger partial charge in [-0.05, 0) is 44.3 Å². The number of rotatable bonds is 6. The van der Waals surface area contributed by atoms with E-state index in [4.69, 9.17) is 4.74 Å². The third kappa shape index (κ3) is 6.56. The van der Waals surface area contributed by atoms with Crippen molar-refractivity contribution in [2.75, 3.05) is 53.5 Å². The molecule has 1 N–H and O–H groups in total. The fourth-order valence-electron chi connectivity index (χ4n) is 4.18. The lowest BCUT2D eigenvalue weighted by Crippen LogP contribution is -2.44. The standard InChI is InChI=1S/C21H33FN4O.HI/c1-23-21(26-12-9-18(14-26)16-27-2)24-13-17-7-10-25(11-8-17)15-19-5-3-4-6-20(19)22;/h3-6,17-18H,7-16H2,1-2H3,(H,23,24);1H. The van der Waals surface area contributed by atoms with E-state index in [1.54, 1.807) is 19.2 Å². The number of guanidine groups is 1. The molecular formula is C21H34FIN4O. The number of benzene rings is 1. The van der Waals surface area contributed by atoms with Crippen LogP contribution in [0, 0.1) is 17.7 Å². The summed E-state index contributed by atoms with van der Waals surface area (Å²) in [6.07, 6.45) is 3.46. The van der Waals surface area contributed by atoms with Crippen molar-refractivity contribution in [3.63, 3.8) is 0 Å². The second-order valence-corrected chi connectivity index (χ2v) is 7.80. The van der Waals surface area contributed by atoms with E-state index in [9.17, 15) is 4.39 Å². The van der Waals surface area contributed by atoms with Crippen LogP contribution in [0.1, 0.15) is 24.8 Å². The molecule has 0 aromatic heterocycles. The molecular weight excluding hydrogens is 470 g/mol. The van der Waals surface area contributed by atoms with E-state index in [0.717, 1.165) is 63.7 Å². The SMILES string of the molecule is CN=C(NCC1CCN(Cc2ccccc2F)CC1)N1CCC(COC)C1.I. The van der Waals surface area contributed by atoms with Gasteiger partial charge in [0.05, 0.1) is 6.61 Å². The average Bonchev–Trinajstić information content (AvgIpc) is 3.14. The van der Waals surface area contributed by atoms with Gasteiger partial charge in [0.25, 0.3) is 0 Å². The first-order valence-electron chi connectivity index (χ1n) is 10.1. The van der Waals surface area contributed by atoms with E-state index in [1.807, 2.05) is 19.2 Å². The van der Waals surface area contributed by atoms with Crippen LogP contribution in [-0.4, -0.2) is 69.2 Å². The molecule has 2 fully saturated rings. The highest BCUT2D eigenvalue weighted by molar-refractivity contribution is 14.0. The van der Waals surface area contributed by atoms with E-state index in [2.05, 4.69) is 20.1 Å². The van der Waals surface area contributed by atoms with Crippen molar-refractivity contribution < 1.29 is 9.13 Å². The zero-order valence-corrected chi connectivity index (χ0v) is 19.4. The zero-order chi connectivity index (χ0) is 19.1. The number of hydrogen-bond donors (Lipinski definition) is 1. The molecule has 1 atom stereocenters. The van der Waals surface area contributed by atoms with Gasteiger partial charge in [-0.1, -0.05) is 18.2 Å². The van der Waals surface area contributed by atoms with Gasteiger partial charge >= 0.3 is 0 Å². The predicted octanol–water partition coefficient (Wildman–Crippen LogP) is 3.20. The van der Waals surface area contributed by atoms with Gasteiger partial charge in [-0.3, -0.25) is 9.89 Å². The summed E-state index contributed by atoms with van der Waals surface area (Å²) in [4.78, 5) is 9.17. The summed E-state index contributed by atoms with van der Waals surface area (Å²) in [5.74, 6) is 2.18. The normalized spacial score (nSPS) is 21.6. The molecule has 0 saturated carbocycles. The molecule has 2 heterocycles. The number of nitrogens with one attached hydrogen (secondary N) is 1. The van der Waals surface area contributed by atoms with Crippen molar-refractivity contribution in [2.45, 2.75) is 25.8 Å². The first-order valence-corrected chi connectivity index (χ1v) is 10.1. The lowest BCUT2D eigenvalue weighted by atomic mass is 9.96. The average molecular weight is 504 g/mol. The highest BCUT2D eigenvalue weighted by Crippen LogP contribution is 2.20. The Balaban J connectivity index is 0.00000280. The molecule has 2 saturated heterocycles. The van der Waals surface area contributed by atoms with Crippen LogP contribution in [0.3, 0.4) is 0 Å². The minimum atomic E-state index is -0.0949. The maximum atomic E-state index is 13.8. The molecule has 3 rings (SSSR count). The van der Waals surface area contributed by atoms with Crippen LogP contribution >= 0.6 is 24.0 Å². The summed E-state index contributed by atoms with van der Waals surface area (Å²) in [5.41, 5.74) is 0.800. The van der Waals surface area contributed by atoms with E-state index < -0.39 is 0 Å². The van der Waals surface area contributed by atoms with E-state index in [-0.39, 0.29) is 29.8 Å². The molecule has 2 aliphatic heterocycles. The third-order valence-corrected chi connectivity index (χ3v) is 5.81. The van der Waals surface area contributed by atoms with Crippen molar-refractivity contribution in [3.05, 3.63) is 35.6 Å². The Hall–Kier alpha value is -0.930. The Morgan fingerprint density at radius 1 is 1.18 bits per heavy atom. The predicted molar refractivity (Wildman–Crippen MR) is 123 cm³/mol. The number of piperidine rings is 1. The summed E-state index contributed by atoms with van der Waals surface area (Å²) in [7, 11) is 3.64. The lowest BCUT2D eigenvalue weighted by Gasteiger charge is -2.33. The van der Waals surface area contributed by atoms with Crippen LogP contribution < -0.4 is 5.32 Å². The monoisotopic (exact) mass is 504 g/mol. The third-order valence-electron chi connectivity index (χ3n) is 5.81. The summed E-state index contributed by atoms with van der Waals surface area (Å²) in [5, 5.41) is 3.57. The fourth-order valence-corrected chi connectivity index (χ4v) is 4.18. The molecule has 1 aromatic carbocycles. The van der Waals surface area contributed by atoms with Crippen LogP contribution in [0.25, 0.3) is 0 Å². The van der Waals surface area contributed by atoms with Crippen LogP contribution in [0.2, 0.25) is 0 Å². The number of hydrogen-bond acceptors (Lipinski definition) is 3. The molecule has 158 valence electrons. The van der Waals surface area contributed by atoms with E-state index in [0.29, 0.717) is 18.4 Å². The topological polar surface area (TPSA) is 40.1 Å².